The minimum atomic E-state index is -0.126. The molecule has 0 atom stereocenters. The van der Waals surface area contributed by atoms with Crippen molar-refractivity contribution in [1.29, 1.82) is 0 Å². The van der Waals surface area contributed by atoms with Crippen molar-refractivity contribution in [2.75, 3.05) is 23.4 Å². The first-order valence-electron chi connectivity index (χ1n) is 7.58. The minimum absolute atomic E-state index is 0.126. The second-order valence-corrected chi connectivity index (χ2v) is 5.45. The van der Waals surface area contributed by atoms with Gasteiger partial charge in [-0.25, -0.2) is 4.79 Å². The van der Waals surface area contributed by atoms with Crippen LogP contribution in [-0.4, -0.2) is 19.2 Å². The number of nitrogens with one attached hydrogen (secondary N) is 1. The highest BCUT2D eigenvalue weighted by Crippen LogP contribution is 2.32. The van der Waals surface area contributed by atoms with Gasteiger partial charge in [0.05, 0.1) is 12.2 Å². The Bertz CT molecular complexity index is 680. The van der Waals surface area contributed by atoms with E-state index in [0.29, 0.717) is 13.2 Å². The lowest BCUT2D eigenvalue weighted by atomic mass is 10.1. The van der Waals surface area contributed by atoms with Crippen molar-refractivity contribution in [3.63, 3.8) is 0 Å². The molecular weight excluding hydrogens is 276 g/mol. The van der Waals surface area contributed by atoms with Gasteiger partial charge in [0.15, 0.2) is 0 Å². The molecule has 0 bridgehead atoms. The molecule has 0 aliphatic carbocycles. The quantitative estimate of drug-likeness (QED) is 0.910. The van der Waals surface area contributed by atoms with Gasteiger partial charge in [0.2, 0.25) is 0 Å². The second kappa shape index (κ2) is 6.10. The number of ether oxygens (including phenoxy) is 1. The Kier molecular flexibility index (Phi) is 4.00. The number of amides is 2. The molecule has 2 aromatic carbocycles. The minimum Gasteiger partial charge on any atom is -0.490 e. The van der Waals surface area contributed by atoms with Crippen molar-refractivity contribution in [3.8, 4) is 5.75 Å². The highest BCUT2D eigenvalue weighted by Gasteiger charge is 2.23. The zero-order valence-corrected chi connectivity index (χ0v) is 12.9. The third kappa shape index (κ3) is 2.91. The van der Waals surface area contributed by atoms with Gasteiger partial charge in [-0.05, 0) is 48.7 Å². The summed E-state index contributed by atoms with van der Waals surface area (Å²) in [6, 6.07) is 13.7. The lowest BCUT2D eigenvalue weighted by Crippen LogP contribution is -2.40. The summed E-state index contributed by atoms with van der Waals surface area (Å²) in [5.74, 6) is 0.758. The van der Waals surface area contributed by atoms with Gasteiger partial charge in [-0.2, -0.15) is 0 Å². The number of hydrogen-bond donors (Lipinski definition) is 1. The molecule has 2 amide bonds. The van der Waals surface area contributed by atoms with E-state index in [1.165, 1.54) is 5.56 Å². The van der Waals surface area contributed by atoms with E-state index >= 15 is 0 Å². The first kappa shape index (κ1) is 14.4. The van der Waals surface area contributed by atoms with Crippen LogP contribution in [-0.2, 0) is 6.42 Å². The molecule has 3 rings (SSSR count). The molecule has 2 aromatic rings. The Morgan fingerprint density at radius 2 is 2.00 bits per heavy atom. The van der Waals surface area contributed by atoms with E-state index in [9.17, 15) is 4.79 Å². The first-order valence-corrected chi connectivity index (χ1v) is 7.58. The molecule has 0 fully saturated rings. The predicted octanol–water partition coefficient (Wildman–Crippen LogP) is 3.99. The van der Waals surface area contributed by atoms with Crippen molar-refractivity contribution >= 4 is 17.4 Å². The Morgan fingerprint density at radius 1 is 1.23 bits per heavy atom. The molecule has 114 valence electrons. The van der Waals surface area contributed by atoms with Gasteiger partial charge in [0.25, 0.3) is 0 Å². The molecule has 0 aromatic heterocycles. The van der Waals surface area contributed by atoms with Gasteiger partial charge in [-0.3, -0.25) is 4.90 Å². The highest BCUT2D eigenvalue weighted by atomic mass is 16.5. The highest BCUT2D eigenvalue weighted by molar-refractivity contribution is 6.03. The van der Waals surface area contributed by atoms with Crippen molar-refractivity contribution in [2.45, 2.75) is 20.3 Å². The summed E-state index contributed by atoms with van der Waals surface area (Å²) in [7, 11) is 0. The summed E-state index contributed by atoms with van der Waals surface area (Å²) in [5, 5.41) is 2.95. The molecule has 0 saturated carbocycles. The van der Waals surface area contributed by atoms with E-state index in [1.54, 1.807) is 4.90 Å². The van der Waals surface area contributed by atoms with Gasteiger partial charge >= 0.3 is 6.03 Å². The summed E-state index contributed by atoms with van der Waals surface area (Å²) in [6.45, 7) is 5.18. The van der Waals surface area contributed by atoms with E-state index < -0.39 is 0 Å². The Morgan fingerprint density at radius 3 is 2.73 bits per heavy atom. The van der Waals surface area contributed by atoms with Crippen LogP contribution in [0.15, 0.2) is 42.5 Å². The van der Waals surface area contributed by atoms with Crippen molar-refractivity contribution in [1.82, 2.24) is 0 Å². The third-order valence-electron chi connectivity index (χ3n) is 3.84. The number of carbonyl (C=O) groups is 1. The van der Waals surface area contributed by atoms with E-state index in [-0.39, 0.29) is 6.03 Å². The maximum Gasteiger partial charge on any atom is 0.326 e. The lowest BCUT2D eigenvalue weighted by Gasteiger charge is -2.29. The van der Waals surface area contributed by atoms with Crippen molar-refractivity contribution in [2.24, 2.45) is 0 Å². The normalized spacial score (nSPS) is 13.3. The number of carbonyl (C=O) groups excluding carboxylic acids is 1. The Hall–Kier alpha value is -2.49. The van der Waals surface area contributed by atoms with Gasteiger partial charge in [0.1, 0.15) is 12.4 Å². The second-order valence-electron chi connectivity index (χ2n) is 5.45. The summed E-state index contributed by atoms with van der Waals surface area (Å²) in [5.41, 5.74) is 4.00. The molecule has 4 nitrogen and oxygen atoms in total. The van der Waals surface area contributed by atoms with Crippen LogP contribution >= 0.6 is 0 Å². The maximum absolute atomic E-state index is 12.6. The van der Waals surface area contributed by atoms with Crippen molar-refractivity contribution in [3.05, 3.63) is 53.6 Å². The third-order valence-corrected chi connectivity index (χ3v) is 3.84. The number of hydrogen-bond acceptors (Lipinski definition) is 2. The lowest BCUT2D eigenvalue weighted by molar-refractivity contribution is 0.250. The van der Waals surface area contributed by atoms with Crippen molar-refractivity contribution < 1.29 is 9.53 Å². The van der Waals surface area contributed by atoms with Crippen LogP contribution in [0.4, 0.5) is 16.2 Å². The van der Waals surface area contributed by atoms with E-state index in [0.717, 1.165) is 29.1 Å². The van der Waals surface area contributed by atoms with Gasteiger partial charge in [-0.1, -0.05) is 25.1 Å². The standard InChI is InChI=1S/C18H20N2O2/c1-3-14-5-7-15(8-6-14)19-18(21)20-10-11-22-17-9-4-13(2)12-16(17)20/h4-9,12H,3,10-11H2,1-2H3,(H,19,21). The Labute approximate surface area is 130 Å². The van der Waals surface area contributed by atoms with Gasteiger partial charge < -0.3 is 10.1 Å². The molecule has 4 heteroatoms. The summed E-state index contributed by atoms with van der Waals surface area (Å²) >= 11 is 0. The van der Waals surface area contributed by atoms with Crippen LogP contribution in [0.3, 0.4) is 0 Å². The van der Waals surface area contributed by atoms with E-state index in [2.05, 4.69) is 12.2 Å². The molecule has 1 aliphatic heterocycles. The van der Waals surface area contributed by atoms with Crippen LogP contribution in [0.5, 0.6) is 5.75 Å². The number of rotatable bonds is 2. The topological polar surface area (TPSA) is 41.6 Å². The number of nitrogens with zero attached hydrogens (tertiary/aromatic N) is 1. The molecular formula is C18H20N2O2. The predicted molar refractivity (Wildman–Crippen MR) is 88.9 cm³/mol. The number of anilines is 2. The number of urea groups is 1. The number of benzene rings is 2. The maximum atomic E-state index is 12.6. The molecule has 0 saturated heterocycles. The molecule has 0 radical (unpaired) electrons. The van der Waals surface area contributed by atoms with Crippen LogP contribution in [0.2, 0.25) is 0 Å². The van der Waals surface area contributed by atoms with Gasteiger partial charge in [0, 0.05) is 5.69 Å². The molecule has 1 N–H and O–H groups in total. The average molecular weight is 296 g/mol. The van der Waals surface area contributed by atoms with Gasteiger partial charge in [-0.15, -0.1) is 0 Å². The fraction of sp³-hybridized carbons (Fsp3) is 0.278. The zero-order chi connectivity index (χ0) is 15.5. The number of fused-ring (bicyclic) bond motifs is 1. The van der Waals surface area contributed by atoms with Crippen LogP contribution in [0, 0.1) is 6.92 Å². The van der Waals surface area contributed by atoms with Crippen LogP contribution in [0.1, 0.15) is 18.1 Å². The summed E-state index contributed by atoms with van der Waals surface area (Å²) < 4.78 is 5.62. The van der Waals surface area contributed by atoms with Crippen LogP contribution < -0.4 is 15.0 Å². The SMILES string of the molecule is CCc1ccc(NC(=O)N2CCOc3ccc(C)cc32)cc1. The van der Waals surface area contributed by atoms with Crippen LogP contribution in [0.25, 0.3) is 0 Å². The summed E-state index contributed by atoms with van der Waals surface area (Å²) in [6.07, 6.45) is 0.990. The Balaban J connectivity index is 1.79. The largest absolute Gasteiger partial charge is 0.490 e. The van der Waals surface area contributed by atoms with E-state index in [1.807, 2.05) is 49.4 Å². The molecule has 0 unspecified atom stereocenters. The average Bonchev–Trinajstić information content (AvgIpc) is 2.55. The molecule has 22 heavy (non-hydrogen) atoms. The first-order chi connectivity index (χ1) is 10.7. The fourth-order valence-corrected chi connectivity index (χ4v) is 2.55. The molecule has 1 aliphatic rings. The smallest absolute Gasteiger partial charge is 0.326 e. The monoisotopic (exact) mass is 296 g/mol. The molecule has 0 spiro atoms. The number of aryl methyl sites for hydroxylation is 2. The van der Waals surface area contributed by atoms with E-state index in [4.69, 9.17) is 4.74 Å². The fourth-order valence-electron chi connectivity index (χ4n) is 2.55. The zero-order valence-electron chi connectivity index (χ0n) is 12.9. The summed E-state index contributed by atoms with van der Waals surface area (Å²) in [4.78, 5) is 14.3. The molecule has 1 heterocycles.